The Hall–Kier alpha value is -4.74. The molecule has 224 valence electrons. The SMILES string of the molecule is NCCCCC(N)C(=O)O[C@](Cn1cnnn1)(c1ccc(F)cc1F)C(F)(F)c1ccc(C#Cc2ccc(F)cc2)cn1. The van der Waals surface area contributed by atoms with Crippen LogP contribution in [0.4, 0.5) is 22.0 Å². The predicted octanol–water partition coefficient (Wildman–Crippen LogP) is 3.57. The maximum Gasteiger partial charge on any atom is 0.334 e. The number of esters is 1. The van der Waals surface area contributed by atoms with E-state index in [-0.39, 0.29) is 12.0 Å². The van der Waals surface area contributed by atoms with E-state index in [0.717, 1.165) is 35.4 Å². The fraction of sp³-hybridized carbons (Fsp3) is 0.276. The number of rotatable bonds is 11. The van der Waals surface area contributed by atoms with Crippen molar-refractivity contribution < 1.29 is 31.5 Å². The van der Waals surface area contributed by atoms with E-state index in [9.17, 15) is 13.6 Å². The Morgan fingerprint density at radius 1 is 0.977 bits per heavy atom. The van der Waals surface area contributed by atoms with E-state index in [2.05, 4.69) is 32.4 Å². The number of halogens is 5. The van der Waals surface area contributed by atoms with Crippen LogP contribution in [0.15, 0.2) is 67.1 Å². The minimum Gasteiger partial charge on any atom is -0.444 e. The largest absolute Gasteiger partial charge is 0.444 e. The molecule has 4 N–H and O–H groups in total. The first-order chi connectivity index (χ1) is 20.6. The molecule has 43 heavy (non-hydrogen) atoms. The number of hydrogen-bond acceptors (Lipinski definition) is 8. The Morgan fingerprint density at radius 2 is 1.67 bits per heavy atom. The molecule has 2 aromatic carbocycles. The van der Waals surface area contributed by atoms with Crippen molar-refractivity contribution in [2.24, 2.45) is 11.5 Å². The molecule has 4 rings (SSSR count). The summed E-state index contributed by atoms with van der Waals surface area (Å²) < 4.78 is 82.2. The lowest BCUT2D eigenvalue weighted by molar-refractivity contribution is -0.233. The molecule has 0 amide bonds. The van der Waals surface area contributed by atoms with E-state index in [1.54, 1.807) is 0 Å². The fourth-order valence-electron chi connectivity index (χ4n) is 4.21. The molecule has 4 aromatic rings. The second kappa shape index (κ2) is 13.5. The zero-order chi connectivity index (χ0) is 31.0. The Balaban J connectivity index is 1.80. The molecule has 0 saturated carbocycles. The Kier molecular flexibility index (Phi) is 9.79. The van der Waals surface area contributed by atoms with Gasteiger partial charge in [0.25, 0.3) is 0 Å². The number of nitrogens with two attached hydrogens (primary N) is 2. The molecule has 0 radical (unpaired) electrons. The summed E-state index contributed by atoms with van der Waals surface area (Å²) >= 11 is 0. The standard InChI is InChI=1S/C29H26F5N7O2/c30-21-9-6-19(7-10-21)4-5-20-8-13-26(37-16-20)29(33,34)28(17-41-18-38-39-40-41,23-12-11-22(31)15-24(23)32)43-27(42)25(36)3-1-2-14-35/h6-13,15-16,18,25H,1-3,14,17,35-36H2/t25?,28-/m1/s1. The van der Waals surface area contributed by atoms with Crippen molar-refractivity contribution in [2.75, 3.05) is 6.54 Å². The highest BCUT2D eigenvalue weighted by molar-refractivity contribution is 5.76. The van der Waals surface area contributed by atoms with Crippen molar-refractivity contribution in [3.8, 4) is 11.8 Å². The number of carbonyl (C=O) groups is 1. The molecule has 2 atom stereocenters. The number of nitrogens with zero attached hydrogens (tertiary/aromatic N) is 5. The average Bonchev–Trinajstić information content (AvgIpc) is 3.49. The summed E-state index contributed by atoms with van der Waals surface area (Å²) in [6, 6.07) is 8.00. The predicted molar refractivity (Wildman–Crippen MR) is 143 cm³/mol. The van der Waals surface area contributed by atoms with Crippen LogP contribution in [0.5, 0.6) is 0 Å². The van der Waals surface area contributed by atoms with Gasteiger partial charge >= 0.3 is 11.9 Å². The number of hydrogen-bond donors (Lipinski definition) is 2. The lowest BCUT2D eigenvalue weighted by Crippen LogP contribution is -2.53. The lowest BCUT2D eigenvalue weighted by atomic mass is 9.83. The van der Waals surface area contributed by atoms with Gasteiger partial charge in [-0.05, 0) is 78.3 Å². The zero-order valence-electron chi connectivity index (χ0n) is 22.6. The van der Waals surface area contributed by atoms with Crippen molar-refractivity contribution in [2.45, 2.75) is 43.4 Å². The van der Waals surface area contributed by atoms with Gasteiger partial charge < -0.3 is 16.2 Å². The third-order valence-corrected chi connectivity index (χ3v) is 6.48. The summed E-state index contributed by atoms with van der Waals surface area (Å²) in [5, 5.41) is 10.4. The van der Waals surface area contributed by atoms with E-state index < -0.39 is 58.8 Å². The van der Waals surface area contributed by atoms with E-state index in [4.69, 9.17) is 16.2 Å². The Labute approximate surface area is 243 Å². The van der Waals surface area contributed by atoms with Crippen molar-refractivity contribution in [1.29, 1.82) is 0 Å². The van der Waals surface area contributed by atoms with Gasteiger partial charge in [0.05, 0.1) is 6.54 Å². The number of carbonyl (C=O) groups excluding carboxylic acids is 1. The molecule has 14 heteroatoms. The first-order valence-electron chi connectivity index (χ1n) is 13.0. The van der Waals surface area contributed by atoms with E-state index in [0.29, 0.717) is 31.0 Å². The first kappa shape index (κ1) is 31.2. The Morgan fingerprint density at radius 3 is 2.30 bits per heavy atom. The molecule has 0 saturated heterocycles. The normalized spacial score (nSPS) is 13.5. The molecule has 2 heterocycles. The van der Waals surface area contributed by atoms with Crippen molar-refractivity contribution in [3.05, 3.63) is 107 Å². The summed E-state index contributed by atoms with van der Waals surface area (Å²) in [7, 11) is 0. The smallest absolute Gasteiger partial charge is 0.334 e. The van der Waals surface area contributed by atoms with Gasteiger partial charge in [-0.1, -0.05) is 18.3 Å². The number of unbranched alkanes of at least 4 members (excludes halogenated alkanes) is 1. The fourth-order valence-corrected chi connectivity index (χ4v) is 4.21. The average molecular weight is 600 g/mol. The molecular weight excluding hydrogens is 573 g/mol. The van der Waals surface area contributed by atoms with Crippen LogP contribution in [0.1, 0.15) is 41.6 Å². The highest BCUT2D eigenvalue weighted by Crippen LogP contribution is 2.49. The van der Waals surface area contributed by atoms with Crippen LogP contribution in [-0.2, 0) is 27.6 Å². The summed E-state index contributed by atoms with van der Waals surface area (Å²) in [6.07, 6.45) is 2.97. The second-order valence-electron chi connectivity index (χ2n) is 9.53. The molecular formula is C29H26F5N7O2. The Bertz CT molecular complexity index is 1590. The first-order valence-corrected chi connectivity index (χ1v) is 13.0. The molecule has 1 unspecified atom stereocenters. The van der Waals surface area contributed by atoms with Crippen molar-refractivity contribution in [1.82, 2.24) is 25.2 Å². The molecule has 0 aliphatic heterocycles. The number of benzene rings is 2. The van der Waals surface area contributed by atoms with Crippen LogP contribution in [0, 0.1) is 29.3 Å². The van der Waals surface area contributed by atoms with Crippen molar-refractivity contribution in [3.63, 3.8) is 0 Å². The van der Waals surface area contributed by atoms with E-state index >= 15 is 13.2 Å². The molecule has 0 aliphatic carbocycles. The number of aromatic nitrogens is 5. The van der Waals surface area contributed by atoms with Gasteiger partial charge in [0.2, 0.25) is 5.60 Å². The summed E-state index contributed by atoms with van der Waals surface area (Å²) in [5.41, 5.74) is 7.16. The van der Waals surface area contributed by atoms with Crippen LogP contribution in [0.2, 0.25) is 0 Å². The summed E-state index contributed by atoms with van der Waals surface area (Å²) in [4.78, 5) is 17.0. The molecule has 2 aromatic heterocycles. The van der Waals surface area contributed by atoms with Crippen LogP contribution in [0.3, 0.4) is 0 Å². The van der Waals surface area contributed by atoms with Gasteiger partial charge in [-0.2, -0.15) is 8.78 Å². The van der Waals surface area contributed by atoms with Crippen LogP contribution < -0.4 is 11.5 Å². The summed E-state index contributed by atoms with van der Waals surface area (Å²) in [6.45, 7) is -0.676. The molecule has 0 bridgehead atoms. The van der Waals surface area contributed by atoms with Crippen LogP contribution in [0.25, 0.3) is 0 Å². The molecule has 0 fully saturated rings. The van der Waals surface area contributed by atoms with Gasteiger partial charge in [0, 0.05) is 29.0 Å². The van der Waals surface area contributed by atoms with Crippen molar-refractivity contribution >= 4 is 5.97 Å². The monoisotopic (exact) mass is 599 g/mol. The maximum absolute atomic E-state index is 16.8. The highest BCUT2D eigenvalue weighted by atomic mass is 19.3. The quantitative estimate of drug-likeness (QED) is 0.116. The topological polar surface area (TPSA) is 135 Å². The van der Waals surface area contributed by atoms with Gasteiger partial charge in [0.15, 0.2) is 0 Å². The lowest BCUT2D eigenvalue weighted by Gasteiger charge is -2.40. The molecule has 0 aliphatic rings. The van der Waals surface area contributed by atoms with Crippen LogP contribution in [-0.4, -0.2) is 43.7 Å². The molecule has 0 spiro atoms. The van der Waals surface area contributed by atoms with Gasteiger partial charge in [-0.25, -0.2) is 17.9 Å². The molecule has 9 nitrogen and oxygen atoms in total. The van der Waals surface area contributed by atoms with Gasteiger partial charge in [-0.15, -0.1) is 5.10 Å². The van der Waals surface area contributed by atoms with Gasteiger partial charge in [-0.3, -0.25) is 9.78 Å². The van der Waals surface area contributed by atoms with Gasteiger partial charge in [0.1, 0.15) is 35.5 Å². The number of ether oxygens (including phenoxy) is 1. The number of tetrazole rings is 1. The van der Waals surface area contributed by atoms with Crippen LogP contribution >= 0.6 is 0 Å². The number of pyridine rings is 1. The minimum atomic E-state index is -4.27. The van der Waals surface area contributed by atoms with E-state index in [1.165, 1.54) is 30.3 Å². The zero-order valence-corrected chi connectivity index (χ0v) is 22.6. The minimum absolute atomic E-state index is 0.0497. The summed E-state index contributed by atoms with van der Waals surface area (Å²) in [5.74, 6) is -2.96. The maximum atomic E-state index is 16.8. The van der Waals surface area contributed by atoms with E-state index in [1.807, 2.05) is 0 Å². The second-order valence-corrected chi connectivity index (χ2v) is 9.53. The highest BCUT2D eigenvalue weighted by Gasteiger charge is 2.62. The number of alkyl halides is 2. The third-order valence-electron chi connectivity index (χ3n) is 6.48. The third kappa shape index (κ3) is 7.19.